The molecule has 17 heavy (non-hydrogen) atoms. The highest BCUT2D eigenvalue weighted by Crippen LogP contribution is 2.30. The van der Waals surface area contributed by atoms with Crippen LogP contribution in [0.15, 0.2) is 0 Å². The Balaban J connectivity index is 1.61. The molecule has 3 heteroatoms. The van der Waals surface area contributed by atoms with Crippen molar-refractivity contribution >= 4 is 5.97 Å². The molecule has 3 nitrogen and oxygen atoms in total. The monoisotopic (exact) mass is 239 g/mol. The minimum absolute atomic E-state index is 0.100. The van der Waals surface area contributed by atoms with Gasteiger partial charge in [-0.25, -0.2) is 0 Å². The van der Waals surface area contributed by atoms with Crippen molar-refractivity contribution in [3.05, 3.63) is 0 Å². The zero-order valence-corrected chi connectivity index (χ0v) is 10.9. The van der Waals surface area contributed by atoms with Crippen molar-refractivity contribution in [1.29, 1.82) is 0 Å². The first-order chi connectivity index (χ1) is 8.15. The fourth-order valence-electron chi connectivity index (χ4n) is 3.38. The van der Waals surface area contributed by atoms with Gasteiger partial charge in [-0.3, -0.25) is 4.79 Å². The lowest BCUT2D eigenvalue weighted by Gasteiger charge is -2.39. The van der Waals surface area contributed by atoms with Crippen LogP contribution in [0, 0.1) is 17.8 Å². The van der Waals surface area contributed by atoms with Crippen LogP contribution in [0.4, 0.5) is 0 Å². The Labute approximate surface area is 104 Å². The van der Waals surface area contributed by atoms with E-state index in [0.29, 0.717) is 0 Å². The van der Waals surface area contributed by atoms with Crippen LogP contribution in [0.3, 0.4) is 0 Å². The molecule has 0 amide bonds. The molecule has 1 aliphatic carbocycles. The predicted molar refractivity (Wildman–Crippen MR) is 67.9 cm³/mol. The number of nitrogens with zero attached hydrogens (tertiary/aromatic N) is 1. The van der Waals surface area contributed by atoms with E-state index in [0.717, 1.165) is 31.5 Å². The smallest absolute Gasteiger partial charge is 0.309 e. The molecule has 1 atom stereocenters. The molecule has 1 saturated carbocycles. The molecule has 1 saturated heterocycles. The maximum atomic E-state index is 10.7. The van der Waals surface area contributed by atoms with E-state index >= 15 is 0 Å². The molecule has 1 aliphatic heterocycles. The van der Waals surface area contributed by atoms with E-state index in [9.17, 15) is 4.79 Å². The summed E-state index contributed by atoms with van der Waals surface area (Å²) in [5, 5.41) is 8.82. The van der Waals surface area contributed by atoms with E-state index in [2.05, 4.69) is 11.8 Å². The van der Waals surface area contributed by atoms with Crippen molar-refractivity contribution in [3.8, 4) is 0 Å². The van der Waals surface area contributed by atoms with Gasteiger partial charge in [0.05, 0.1) is 5.92 Å². The minimum atomic E-state index is -0.624. The molecule has 0 aromatic rings. The number of hydrogen-bond acceptors (Lipinski definition) is 2. The van der Waals surface area contributed by atoms with Crippen LogP contribution in [0.1, 0.15) is 45.4 Å². The number of hydrogen-bond donors (Lipinski definition) is 1. The summed E-state index contributed by atoms with van der Waals surface area (Å²) >= 11 is 0. The molecule has 0 aromatic carbocycles. The highest BCUT2D eigenvalue weighted by molar-refractivity contribution is 5.71. The molecule has 1 heterocycles. The van der Waals surface area contributed by atoms with Crippen molar-refractivity contribution < 1.29 is 9.90 Å². The van der Waals surface area contributed by atoms with E-state index < -0.39 is 5.97 Å². The summed E-state index contributed by atoms with van der Waals surface area (Å²) < 4.78 is 0. The van der Waals surface area contributed by atoms with Gasteiger partial charge in [0, 0.05) is 19.6 Å². The van der Waals surface area contributed by atoms with Gasteiger partial charge >= 0.3 is 5.97 Å². The average molecular weight is 239 g/mol. The Bertz CT molecular complexity index is 255. The molecule has 0 aromatic heterocycles. The lowest BCUT2D eigenvalue weighted by atomic mass is 9.83. The summed E-state index contributed by atoms with van der Waals surface area (Å²) in [7, 11) is 0. The van der Waals surface area contributed by atoms with E-state index in [1.165, 1.54) is 38.5 Å². The van der Waals surface area contributed by atoms with Gasteiger partial charge in [-0.1, -0.05) is 39.0 Å². The molecule has 2 fully saturated rings. The quantitative estimate of drug-likeness (QED) is 0.801. The Kier molecular flexibility index (Phi) is 4.43. The highest BCUT2D eigenvalue weighted by atomic mass is 16.4. The van der Waals surface area contributed by atoms with Gasteiger partial charge in [-0.15, -0.1) is 0 Å². The third kappa shape index (κ3) is 3.70. The lowest BCUT2D eigenvalue weighted by Crippen LogP contribution is -2.51. The molecule has 2 aliphatic rings. The largest absolute Gasteiger partial charge is 0.481 e. The molecule has 2 rings (SSSR count). The Hall–Kier alpha value is -0.570. The molecule has 0 spiro atoms. The van der Waals surface area contributed by atoms with E-state index in [-0.39, 0.29) is 5.92 Å². The number of carboxylic acids is 1. The maximum Gasteiger partial charge on any atom is 0.309 e. The fourth-order valence-corrected chi connectivity index (χ4v) is 3.38. The molecule has 1 unspecified atom stereocenters. The van der Waals surface area contributed by atoms with E-state index in [4.69, 9.17) is 5.11 Å². The van der Waals surface area contributed by atoms with Gasteiger partial charge in [0.1, 0.15) is 0 Å². The van der Waals surface area contributed by atoms with Crippen molar-refractivity contribution in [2.24, 2.45) is 17.8 Å². The Morgan fingerprint density at radius 2 is 1.94 bits per heavy atom. The number of likely N-dealkylation sites (tertiary alicyclic amines) is 1. The van der Waals surface area contributed by atoms with Crippen LogP contribution in [-0.4, -0.2) is 35.6 Å². The molecule has 1 N–H and O–H groups in total. The number of carbonyl (C=O) groups is 1. The van der Waals surface area contributed by atoms with Crippen LogP contribution in [0.5, 0.6) is 0 Å². The normalized spacial score (nSPS) is 25.5. The van der Waals surface area contributed by atoms with Crippen LogP contribution >= 0.6 is 0 Å². The zero-order valence-electron chi connectivity index (χ0n) is 10.9. The summed E-state index contributed by atoms with van der Waals surface area (Å²) in [4.78, 5) is 13.0. The van der Waals surface area contributed by atoms with Crippen LogP contribution < -0.4 is 0 Å². The van der Waals surface area contributed by atoms with Gasteiger partial charge < -0.3 is 10.0 Å². The Morgan fingerprint density at radius 3 is 2.53 bits per heavy atom. The molecule has 0 radical (unpaired) electrons. The maximum absolute atomic E-state index is 10.7. The summed E-state index contributed by atoms with van der Waals surface area (Å²) in [5.41, 5.74) is 0. The third-order valence-electron chi connectivity index (χ3n) is 4.34. The van der Waals surface area contributed by atoms with Gasteiger partial charge in [0.25, 0.3) is 0 Å². The minimum Gasteiger partial charge on any atom is -0.481 e. The SMILES string of the molecule is CC(CC1CCCCC1)CN1CC(C(=O)O)C1. The van der Waals surface area contributed by atoms with Gasteiger partial charge in [0.2, 0.25) is 0 Å². The van der Waals surface area contributed by atoms with Crippen molar-refractivity contribution in [1.82, 2.24) is 4.90 Å². The molecule has 0 bridgehead atoms. The highest BCUT2D eigenvalue weighted by Gasteiger charge is 2.33. The predicted octanol–water partition coefficient (Wildman–Crippen LogP) is 2.61. The molecular weight excluding hydrogens is 214 g/mol. The van der Waals surface area contributed by atoms with Gasteiger partial charge in [0.15, 0.2) is 0 Å². The van der Waals surface area contributed by atoms with Crippen molar-refractivity contribution in [2.45, 2.75) is 45.4 Å². The Morgan fingerprint density at radius 1 is 1.29 bits per heavy atom. The lowest BCUT2D eigenvalue weighted by molar-refractivity contribution is -0.147. The number of aliphatic carboxylic acids is 1. The second-order valence-electron chi connectivity index (χ2n) is 6.10. The topological polar surface area (TPSA) is 40.5 Å². The first-order valence-electron chi connectivity index (χ1n) is 7.10. The fraction of sp³-hybridized carbons (Fsp3) is 0.929. The van der Waals surface area contributed by atoms with Crippen LogP contribution in [0.25, 0.3) is 0 Å². The summed E-state index contributed by atoms with van der Waals surface area (Å²) in [6, 6.07) is 0. The molecule has 98 valence electrons. The summed E-state index contributed by atoms with van der Waals surface area (Å²) in [6.45, 7) is 4.96. The standard InChI is InChI=1S/C14H25NO2/c1-11(7-12-5-3-2-4-6-12)8-15-9-13(10-15)14(16)17/h11-13H,2-10H2,1H3,(H,16,17). The summed E-state index contributed by atoms with van der Waals surface area (Å²) in [6.07, 6.45) is 8.44. The zero-order chi connectivity index (χ0) is 12.3. The average Bonchev–Trinajstić information content (AvgIpc) is 2.23. The first-order valence-corrected chi connectivity index (χ1v) is 7.10. The first kappa shape index (κ1) is 12.9. The van der Waals surface area contributed by atoms with Crippen molar-refractivity contribution in [2.75, 3.05) is 19.6 Å². The number of rotatable bonds is 5. The second-order valence-corrected chi connectivity index (χ2v) is 6.10. The van der Waals surface area contributed by atoms with E-state index in [1.807, 2.05) is 0 Å². The van der Waals surface area contributed by atoms with Gasteiger partial charge in [-0.2, -0.15) is 0 Å². The third-order valence-corrected chi connectivity index (χ3v) is 4.34. The number of carboxylic acid groups (broad SMARTS) is 1. The van der Waals surface area contributed by atoms with Crippen molar-refractivity contribution in [3.63, 3.8) is 0 Å². The van der Waals surface area contributed by atoms with Crippen LogP contribution in [-0.2, 0) is 4.79 Å². The molecular formula is C14H25NO2. The van der Waals surface area contributed by atoms with Crippen LogP contribution in [0.2, 0.25) is 0 Å². The van der Waals surface area contributed by atoms with Gasteiger partial charge in [-0.05, 0) is 18.3 Å². The summed E-state index contributed by atoms with van der Waals surface area (Å²) in [5.74, 6) is 0.946. The van der Waals surface area contributed by atoms with E-state index in [1.54, 1.807) is 0 Å². The second kappa shape index (κ2) is 5.85.